The highest BCUT2D eigenvalue weighted by molar-refractivity contribution is 6.00. The number of nitrogens with one attached hydrogen (secondary N) is 2. The number of aromatic nitrogens is 2. The molecule has 2 aromatic carbocycles. The van der Waals surface area contributed by atoms with E-state index in [0.717, 1.165) is 41.8 Å². The summed E-state index contributed by atoms with van der Waals surface area (Å²) in [5.41, 5.74) is 2.90. The third-order valence-electron chi connectivity index (χ3n) is 6.00. The average Bonchev–Trinajstić information content (AvgIpc) is 3.46. The Morgan fingerprint density at radius 1 is 1.23 bits per heavy atom. The summed E-state index contributed by atoms with van der Waals surface area (Å²) in [5, 5.41) is 7.07. The molecule has 2 N–H and O–H groups in total. The third kappa shape index (κ3) is 5.02. The minimum atomic E-state index is -0.317. The van der Waals surface area contributed by atoms with Crippen LogP contribution in [0.5, 0.6) is 5.75 Å². The molecule has 2 aromatic heterocycles. The van der Waals surface area contributed by atoms with E-state index in [9.17, 15) is 9.18 Å². The van der Waals surface area contributed by atoms with Gasteiger partial charge in [0.1, 0.15) is 23.5 Å². The highest BCUT2D eigenvalue weighted by atomic mass is 19.1. The lowest BCUT2D eigenvalue weighted by Crippen LogP contribution is -2.22. The van der Waals surface area contributed by atoms with E-state index >= 15 is 0 Å². The number of halogens is 1. The molecule has 0 aliphatic carbocycles. The number of likely N-dealkylation sites (tertiary alicyclic amines) is 1. The zero-order valence-corrected chi connectivity index (χ0v) is 19.4. The minimum absolute atomic E-state index is 0.0675. The SMILES string of the molecule is C=CC(=O)Nc1cc(Nc2cc3c(ccn3-c3cccc(F)c3)cn2)ccc1OC1CCN(C)C1. The number of rotatable bonds is 7. The van der Waals surface area contributed by atoms with Crippen LogP contribution in [0.15, 0.2) is 79.6 Å². The molecule has 1 saturated heterocycles. The van der Waals surface area contributed by atoms with Gasteiger partial charge < -0.3 is 24.8 Å². The highest BCUT2D eigenvalue weighted by Gasteiger charge is 2.22. The van der Waals surface area contributed by atoms with E-state index in [0.29, 0.717) is 17.3 Å². The number of anilines is 3. The molecule has 5 rings (SSSR count). The summed E-state index contributed by atoms with van der Waals surface area (Å²) in [6.07, 6.45) is 5.88. The van der Waals surface area contributed by atoms with Crippen LogP contribution in [0.4, 0.5) is 21.6 Å². The molecular weight excluding hydrogens is 445 g/mol. The van der Waals surface area contributed by atoms with Gasteiger partial charge in [0.05, 0.1) is 11.2 Å². The molecule has 1 aliphatic rings. The molecule has 8 heteroatoms. The van der Waals surface area contributed by atoms with Gasteiger partial charge in [-0.1, -0.05) is 12.6 Å². The Morgan fingerprint density at radius 3 is 2.89 bits per heavy atom. The summed E-state index contributed by atoms with van der Waals surface area (Å²) >= 11 is 0. The van der Waals surface area contributed by atoms with Crippen LogP contribution in [0.2, 0.25) is 0 Å². The van der Waals surface area contributed by atoms with E-state index in [4.69, 9.17) is 4.74 Å². The number of carbonyl (C=O) groups is 1. The molecule has 4 aromatic rings. The van der Waals surface area contributed by atoms with Gasteiger partial charge in [0.2, 0.25) is 5.91 Å². The summed E-state index contributed by atoms with van der Waals surface area (Å²) in [6.45, 7) is 5.35. The lowest BCUT2D eigenvalue weighted by molar-refractivity contribution is -0.111. The van der Waals surface area contributed by atoms with Gasteiger partial charge in [0.25, 0.3) is 0 Å². The first-order valence-corrected chi connectivity index (χ1v) is 11.4. The van der Waals surface area contributed by atoms with Gasteiger partial charge in [-0.3, -0.25) is 4.79 Å². The maximum absolute atomic E-state index is 13.8. The summed E-state index contributed by atoms with van der Waals surface area (Å²) in [6, 6.07) is 15.8. The second-order valence-electron chi connectivity index (χ2n) is 8.61. The predicted octanol–water partition coefficient (Wildman–Crippen LogP) is 5.12. The number of ether oxygens (including phenoxy) is 1. The molecule has 178 valence electrons. The number of pyridine rings is 1. The molecule has 0 bridgehead atoms. The Kier molecular flexibility index (Phi) is 6.20. The van der Waals surface area contributed by atoms with Crippen molar-refractivity contribution in [3.8, 4) is 11.4 Å². The van der Waals surface area contributed by atoms with Crippen molar-refractivity contribution in [1.29, 1.82) is 0 Å². The Balaban J connectivity index is 1.43. The molecule has 1 unspecified atom stereocenters. The van der Waals surface area contributed by atoms with Gasteiger partial charge in [-0.2, -0.15) is 0 Å². The monoisotopic (exact) mass is 471 g/mol. The summed E-state index contributed by atoms with van der Waals surface area (Å²) in [4.78, 5) is 18.8. The van der Waals surface area contributed by atoms with Crippen LogP contribution < -0.4 is 15.4 Å². The smallest absolute Gasteiger partial charge is 0.247 e. The zero-order chi connectivity index (χ0) is 24.4. The Labute approximate surface area is 202 Å². The average molecular weight is 472 g/mol. The molecule has 1 atom stereocenters. The van der Waals surface area contributed by atoms with Crippen molar-refractivity contribution in [1.82, 2.24) is 14.5 Å². The van der Waals surface area contributed by atoms with Crippen LogP contribution in [0.25, 0.3) is 16.6 Å². The van der Waals surface area contributed by atoms with Crippen molar-refractivity contribution >= 4 is 34.0 Å². The van der Waals surface area contributed by atoms with E-state index in [2.05, 4.69) is 34.1 Å². The molecular formula is C27H26FN5O2. The van der Waals surface area contributed by atoms with Crippen LogP contribution in [0, 0.1) is 5.82 Å². The highest BCUT2D eigenvalue weighted by Crippen LogP contribution is 2.32. The Bertz CT molecular complexity index is 1400. The molecule has 3 heterocycles. The standard InChI is InChI=1S/C27H26FN5O2/c1-3-27(34)31-23-14-20(7-8-25(23)35-22-10-11-32(2)17-22)30-26-15-24-18(16-29-26)9-12-33(24)21-6-4-5-19(28)13-21/h3-9,12-16,22H,1,10-11,17H2,2H3,(H,29,30)(H,31,34). The number of likely N-dealkylation sites (N-methyl/N-ethyl adjacent to an activating group) is 1. The fourth-order valence-electron chi connectivity index (χ4n) is 4.26. The van der Waals surface area contributed by atoms with Crippen molar-refractivity contribution in [3.05, 3.63) is 85.5 Å². The maximum atomic E-state index is 13.8. The first kappa shape index (κ1) is 22.6. The largest absolute Gasteiger partial charge is 0.487 e. The van der Waals surface area contributed by atoms with Crippen molar-refractivity contribution in [3.63, 3.8) is 0 Å². The second-order valence-corrected chi connectivity index (χ2v) is 8.61. The fourth-order valence-corrected chi connectivity index (χ4v) is 4.26. The first-order valence-electron chi connectivity index (χ1n) is 11.4. The van der Waals surface area contributed by atoms with Crippen LogP contribution >= 0.6 is 0 Å². The van der Waals surface area contributed by atoms with Crippen molar-refractivity contribution in [2.24, 2.45) is 0 Å². The summed E-state index contributed by atoms with van der Waals surface area (Å²) < 4.78 is 21.9. The quantitative estimate of drug-likeness (QED) is 0.366. The van der Waals surface area contributed by atoms with Crippen LogP contribution in [0.3, 0.4) is 0 Å². The first-order chi connectivity index (χ1) is 17.0. The Hall–Kier alpha value is -4.17. The van der Waals surface area contributed by atoms with Crippen LogP contribution in [-0.4, -0.2) is 46.6 Å². The predicted molar refractivity (Wildman–Crippen MR) is 136 cm³/mol. The molecule has 1 amide bonds. The van der Waals surface area contributed by atoms with Gasteiger partial charge in [0, 0.05) is 48.3 Å². The Morgan fingerprint density at radius 2 is 2.11 bits per heavy atom. The number of benzene rings is 2. The lowest BCUT2D eigenvalue weighted by atomic mass is 10.2. The molecule has 7 nitrogen and oxygen atoms in total. The lowest BCUT2D eigenvalue weighted by Gasteiger charge is -2.18. The number of hydrogen-bond donors (Lipinski definition) is 2. The van der Waals surface area contributed by atoms with E-state index in [-0.39, 0.29) is 17.8 Å². The minimum Gasteiger partial charge on any atom is -0.487 e. The van der Waals surface area contributed by atoms with Gasteiger partial charge in [-0.25, -0.2) is 9.37 Å². The van der Waals surface area contributed by atoms with E-state index in [1.54, 1.807) is 12.3 Å². The van der Waals surface area contributed by atoms with Crippen LogP contribution in [0.1, 0.15) is 6.42 Å². The zero-order valence-electron chi connectivity index (χ0n) is 19.4. The number of nitrogens with zero attached hydrogens (tertiary/aromatic N) is 3. The molecule has 0 saturated carbocycles. The van der Waals surface area contributed by atoms with Crippen molar-refractivity contribution in [2.75, 3.05) is 30.8 Å². The molecule has 0 spiro atoms. The second kappa shape index (κ2) is 9.60. The van der Waals surface area contributed by atoms with Gasteiger partial charge in [0.15, 0.2) is 0 Å². The molecule has 1 fully saturated rings. The van der Waals surface area contributed by atoms with Crippen LogP contribution in [-0.2, 0) is 4.79 Å². The van der Waals surface area contributed by atoms with E-state index in [1.165, 1.54) is 18.2 Å². The molecule has 0 radical (unpaired) electrons. The number of carbonyl (C=O) groups excluding carboxylic acids is 1. The molecule has 1 aliphatic heterocycles. The topological polar surface area (TPSA) is 71.4 Å². The normalized spacial score (nSPS) is 15.8. The number of fused-ring (bicyclic) bond motifs is 1. The maximum Gasteiger partial charge on any atom is 0.247 e. The summed E-state index contributed by atoms with van der Waals surface area (Å²) in [5.74, 6) is 0.607. The van der Waals surface area contributed by atoms with Gasteiger partial charge in [-0.15, -0.1) is 0 Å². The van der Waals surface area contributed by atoms with Crippen molar-refractivity contribution < 1.29 is 13.9 Å². The van der Waals surface area contributed by atoms with Gasteiger partial charge in [-0.05, 0) is 62.0 Å². The van der Waals surface area contributed by atoms with E-state index in [1.807, 2.05) is 47.2 Å². The number of amides is 1. The summed E-state index contributed by atoms with van der Waals surface area (Å²) in [7, 11) is 2.06. The number of hydrogen-bond acceptors (Lipinski definition) is 5. The van der Waals surface area contributed by atoms with Crippen molar-refractivity contribution in [2.45, 2.75) is 12.5 Å². The van der Waals surface area contributed by atoms with E-state index < -0.39 is 0 Å². The molecule has 35 heavy (non-hydrogen) atoms. The van der Waals surface area contributed by atoms with Gasteiger partial charge >= 0.3 is 0 Å². The third-order valence-corrected chi connectivity index (χ3v) is 6.00. The fraction of sp³-hybridized carbons (Fsp3) is 0.185.